The van der Waals surface area contributed by atoms with Crippen LogP contribution in [0.2, 0.25) is 5.02 Å². The minimum Gasteiger partial charge on any atom is -0.478 e. The van der Waals surface area contributed by atoms with Gasteiger partial charge < -0.3 is 9.67 Å². The summed E-state index contributed by atoms with van der Waals surface area (Å²) in [7, 11) is 1.65. The molecule has 0 fully saturated rings. The SMILES string of the molecule is Cc1c(/C=C/C(=O)O)c(=O)n(C)c2ccc(Cl)cc12. The van der Waals surface area contributed by atoms with Gasteiger partial charge in [0.25, 0.3) is 5.56 Å². The Morgan fingerprint density at radius 2 is 2.11 bits per heavy atom. The highest BCUT2D eigenvalue weighted by Crippen LogP contribution is 2.23. The average Bonchev–Trinajstić information content (AvgIpc) is 2.35. The van der Waals surface area contributed by atoms with Crippen LogP contribution in [0.5, 0.6) is 0 Å². The molecular weight excluding hydrogens is 266 g/mol. The third-order valence-electron chi connectivity index (χ3n) is 3.06. The Balaban J connectivity index is 2.86. The van der Waals surface area contributed by atoms with E-state index in [1.54, 1.807) is 32.2 Å². The third-order valence-corrected chi connectivity index (χ3v) is 3.29. The van der Waals surface area contributed by atoms with Gasteiger partial charge in [-0.3, -0.25) is 4.79 Å². The molecule has 1 N–H and O–H groups in total. The first-order chi connectivity index (χ1) is 8.91. The van der Waals surface area contributed by atoms with Gasteiger partial charge in [-0.2, -0.15) is 0 Å². The number of carboxylic acids is 1. The smallest absolute Gasteiger partial charge is 0.328 e. The van der Waals surface area contributed by atoms with Crippen LogP contribution in [0, 0.1) is 6.92 Å². The van der Waals surface area contributed by atoms with Crippen LogP contribution in [0.1, 0.15) is 11.1 Å². The van der Waals surface area contributed by atoms with E-state index >= 15 is 0 Å². The first kappa shape index (κ1) is 13.4. The fourth-order valence-electron chi connectivity index (χ4n) is 2.05. The molecule has 0 spiro atoms. The molecule has 4 nitrogen and oxygen atoms in total. The summed E-state index contributed by atoms with van der Waals surface area (Å²) in [5.41, 5.74) is 1.61. The van der Waals surface area contributed by atoms with Crippen LogP contribution in [-0.2, 0) is 11.8 Å². The van der Waals surface area contributed by atoms with Crippen molar-refractivity contribution in [1.29, 1.82) is 0 Å². The summed E-state index contributed by atoms with van der Waals surface area (Å²) < 4.78 is 1.49. The number of fused-ring (bicyclic) bond motifs is 1. The van der Waals surface area contributed by atoms with E-state index in [9.17, 15) is 9.59 Å². The molecule has 0 unspecified atom stereocenters. The Labute approximate surface area is 114 Å². The first-order valence-corrected chi connectivity index (χ1v) is 5.99. The van der Waals surface area contributed by atoms with Gasteiger partial charge in [0.15, 0.2) is 0 Å². The average molecular weight is 278 g/mol. The van der Waals surface area contributed by atoms with E-state index in [-0.39, 0.29) is 5.56 Å². The molecule has 19 heavy (non-hydrogen) atoms. The van der Waals surface area contributed by atoms with Crippen molar-refractivity contribution in [3.05, 3.63) is 50.8 Å². The number of aliphatic carboxylic acids is 1. The topological polar surface area (TPSA) is 59.3 Å². The van der Waals surface area contributed by atoms with Crippen molar-refractivity contribution in [3.63, 3.8) is 0 Å². The molecule has 2 rings (SSSR count). The Hall–Kier alpha value is -2.07. The molecule has 0 radical (unpaired) electrons. The van der Waals surface area contributed by atoms with Crippen molar-refractivity contribution < 1.29 is 9.90 Å². The van der Waals surface area contributed by atoms with Gasteiger partial charge in [0.2, 0.25) is 0 Å². The molecule has 0 saturated heterocycles. The standard InChI is InChI=1S/C14H12ClNO3/c1-8-10(4-6-13(17)18)14(19)16(2)12-5-3-9(15)7-11(8)12/h3-7H,1-2H3,(H,17,18)/b6-4+. The van der Waals surface area contributed by atoms with E-state index in [2.05, 4.69) is 0 Å². The van der Waals surface area contributed by atoms with Crippen molar-refractivity contribution in [3.8, 4) is 0 Å². The monoisotopic (exact) mass is 277 g/mol. The van der Waals surface area contributed by atoms with Crippen molar-refractivity contribution in [2.24, 2.45) is 7.05 Å². The highest BCUT2D eigenvalue weighted by Gasteiger charge is 2.10. The van der Waals surface area contributed by atoms with Crippen LogP contribution in [0.25, 0.3) is 17.0 Å². The fourth-order valence-corrected chi connectivity index (χ4v) is 2.22. The minimum atomic E-state index is -1.09. The molecule has 1 aromatic carbocycles. The maximum atomic E-state index is 12.2. The van der Waals surface area contributed by atoms with Gasteiger partial charge in [0.1, 0.15) is 0 Å². The molecule has 0 saturated carbocycles. The van der Waals surface area contributed by atoms with Gasteiger partial charge in [-0.15, -0.1) is 0 Å². The summed E-state index contributed by atoms with van der Waals surface area (Å²) in [5, 5.41) is 10.1. The van der Waals surface area contributed by atoms with Gasteiger partial charge in [-0.25, -0.2) is 4.79 Å². The first-order valence-electron chi connectivity index (χ1n) is 5.61. The zero-order valence-corrected chi connectivity index (χ0v) is 11.2. The number of aryl methyl sites for hydroxylation is 2. The summed E-state index contributed by atoms with van der Waals surface area (Å²) in [6.07, 6.45) is 2.28. The van der Waals surface area contributed by atoms with Crippen LogP contribution < -0.4 is 5.56 Å². The highest BCUT2D eigenvalue weighted by atomic mass is 35.5. The van der Waals surface area contributed by atoms with Crippen LogP contribution in [0.15, 0.2) is 29.1 Å². The lowest BCUT2D eigenvalue weighted by molar-refractivity contribution is -0.131. The maximum Gasteiger partial charge on any atom is 0.328 e. The Kier molecular flexibility index (Phi) is 3.44. The van der Waals surface area contributed by atoms with Crippen molar-refractivity contribution in [2.45, 2.75) is 6.92 Å². The van der Waals surface area contributed by atoms with Crippen LogP contribution in [0.4, 0.5) is 0 Å². The predicted octanol–water partition coefficient (Wildman–Crippen LogP) is 2.60. The van der Waals surface area contributed by atoms with E-state index < -0.39 is 5.97 Å². The zero-order chi connectivity index (χ0) is 14.2. The number of nitrogens with zero attached hydrogens (tertiary/aromatic N) is 1. The second-order valence-electron chi connectivity index (χ2n) is 4.24. The summed E-state index contributed by atoms with van der Waals surface area (Å²) >= 11 is 5.96. The maximum absolute atomic E-state index is 12.2. The van der Waals surface area contributed by atoms with Gasteiger partial charge >= 0.3 is 5.97 Å². The molecule has 0 amide bonds. The number of aromatic nitrogens is 1. The van der Waals surface area contributed by atoms with Crippen LogP contribution in [0.3, 0.4) is 0 Å². The van der Waals surface area contributed by atoms with E-state index in [0.29, 0.717) is 10.6 Å². The molecule has 2 aromatic rings. The number of rotatable bonds is 2. The van der Waals surface area contributed by atoms with Gasteiger partial charge in [-0.1, -0.05) is 11.6 Å². The number of halogens is 1. The second kappa shape index (κ2) is 4.90. The number of hydrogen-bond acceptors (Lipinski definition) is 2. The molecule has 0 atom stereocenters. The third kappa shape index (κ3) is 2.39. The lowest BCUT2D eigenvalue weighted by Crippen LogP contribution is -2.21. The number of carbonyl (C=O) groups is 1. The fraction of sp³-hybridized carbons (Fsp3) is 0.143. The number of carboxylic acid groups (broad SMARTS) is 1. The summed E-state index contributed by atoms with van der Waals surface area (Å²) in [5.74, 6) is -1.09. The lowest BCUT2D eigenvalue weighted by Gasteiger charge is -2.11. The van der Waals surface area contributed by atoms with E-state index in [1.807, 2.05) is 0 Å². The molecule has 0 bridgehead atoms. The highest BCUT2D eigenvalue weighted by molar-refractivity contribution is 6.31. The van der Waals surface area contributed by atoms with E-state index in [0.717, 1.165) is 22.5 Å². The predicted molar refractivity (Wildman–Crippen MR) is 75.6 cm³/mol. The quantitative estimate of drug-likeness (QED) is 0.859. The summed E-state index contributed by atoms with van der Waals surface area (Å²) in [6.45, 7) is 1.78. The second-order valence-corrected chi connectivity index (χ2v) is 4.67. The Morgan fingerprint density at radius 1 is 1.42 bits per heavy atom. The normalized spacial score (nSPS) is 11.3. The number of pyridine rings is 1. The molecular formula is C14H12ClNO3. The molecule has 0 aliphatic heterocycles. The number of hydrogen-bond donors (Lipinski definition) is 1. The molecule has 0 aliphatic carbocycles. The Bertz CT molecular complexity index is 759. The molecule has 5 heteroatoms. The molecule has 1 heterocycles. The van der Waals surface area contributed by atoms with Crippen molar-refractivity contribution in [1.82, 2.24) is 4.57 Å². The van der Waals surface area contributed by atoms with E-state index in [4.69, 9.17) is 16.7 Å². The summed E-state index contributed by atoms with van der Waals surface area (Å²) in [4.78, 5) is 22.8. The Morgan fingerprint density at radius 3 is 2.74 bits per heavy atom. The van der Waals surface area contributed by atoms with Gasteiger partial charge in [0, 0.05) is 29.1 Å². The lowest BCUT2D eigenvalue weighted by atomic mass is 10.0. The van der Waals surface area contributed by atoms with Crippen LogP contribution >= 0.6 is 11.6 Å². The van der Waals surface area contributed by atoms with E-state index in [1.165, 1.54) is 10.6 Å². The minimum absolute atomic E-state index is 0.232. The molecule has 98 valence electrons. The van der Waals surface area contributed by atoms with Crippen LogP contribution in [-0.4, -0.2) is 15.6 Å². The summed E-state index contributed by atoms with van der Waals surface area (Å²) in [6, 6.07) is 5.26. The zero-order valence-electron chi connectivity index (χ0n) is 10.5. The molecule has 1 aromatic heterocycles. The molecule has 0 aliphatic rings. The van der Waals surface area contributed by atoms with Gasteiger partial charge in [0.05, 0.1) is 5.52 Å². The van der Waals surface area contributed by atoms with Gasteiger partial charge in [-0.05, 0) is 36.8 Å². The number of benzene rings is 1. The van der Waals surface area contributed by atoms with Crippen molar-refractivity contribution >= 4 is 34.5 Å². The van der Waals surface area contributed by atoms with Crippen molar-refractivity contribution in [2.75, 3.05) is 0 Å². The largest absolute Gasteiger partial charge is 0.478 e.